The number of imide groups is 1. The van der Waals surface area contributed by atoms with Crippen LogP contribution in [-0.4, -0.2) is 58.8 Å². The molecule has 3 heterocycles. The number of benzene rings is 2. The Morgan fingerprint density at radius 1 is 1.13 bits per heavy atom. The van der Waals surface area contributed by atoms with Gasteiger partial charge in [0, 0.05) is 25.4 Å². The number of nitro groups is 1. The zero-order valence-corrected chi connectivity index (χ0v) is 26.5. The number of non-ortho nitro benzene ring substituents is 1. The van der Waals surface area contributed by atoms with Gasteiger partial charge in [-0.3, -0.25) is 24.7 Å². The van der Waals surface area contributed by atoms with Crippen LogP contribution in [0.15, 0.2) is 71.9 Å². The Balaban J connectivity index is 1.34. The molecule has 3 aromatic rings. The smallest absolute Gasteiger partial charge is 0.455 e. The molecule has 6 rings (SSSR count). The van der Waals surface area contributed by atoms with Gasteiger partial charge in [-0.15, -0.1) is 0 Å². The van der Waals surface area contributed by atoms with E-state index in [0.717, 1.165) is 44.0 Å². The van der Waals surface area contributed by atoms with E-state index in [2.05, 4.69) is 4.98 Å². The van der Waals surface area contributed by atoms with Crippen molar-refractivity contribution >= 4 is 42.0 Å². The molecular formula is C35H36BN3O8. The van der Waals surface area contributed by atoms with Crippen LogP contribution in [0.1, 0.15) is 41.6 Å². The maximum atomic E-state index is 14.0. The number of hydrogen-bond donors (Lipinski definition) is 2. The van der Waals surface area contributed by atoms with Crippen LogP contribution in [0.5, 0.6) is 5.75 Å². The highest BCUT2D eigenvalue weighted by Gasteiger charge is 2.57. The maximum absolute atomic E-state index is 14.0. The molecule has 47 heavy (non-hydrogen) atoms. The normalized spacial score (nSPS) is 22.9. The molecule has 2 amide bonds. The lowest BCUT2D eigenvalue weighted by molar-refractivity contribution is -0.384. The molecule has 0 spiro atoms. The summed E-state index contributed by atoms with van der Waals surface area (Å²) in [6, 6.07) is 15.0. The van der Waals surface area contributed by atoms with Gasteiger partial charge < -0.3 is 19.5 Å². The fraction of sp³-hybridized carbons (Fsp3) is 0.343. The van der Waals surface area contributed by atoms with Crippen molar-refractivity contribution in [3.63, 3.8) is 0 Å². The minimum Gasteiger partial charge on any atom is -0.507 e. The number of anilines is 1. The molecule has 11 nitrogen and oxygen atoms in total. The Hall–Kier alpha value is -4.65. The van der Waals surface area contributed by atoms with Crippen LogP contribution >= 0.6 is 0 Å². The summed E-state index contributed by atoms with van der Waals surface area (Å²) in [5.41, 5.74) is 5.84. The number of amides is 2. The summed E-state index contributed by atoms with van der Waals surface area (Å²) < 4.78 is 11.7. The molecule has 0 saturated carbocycles. The van der Waals surface area contributed by atoms with E-state index in [1.54, 1.807) is 13.3 Å². The van der Waals surface area contributed by atoms with Gasteiger partial charge in [-0.25, -0.2) is 4.90 Å². The van der Waals surface area contributed by atoms with Crippen molar-refractivity contribution in [2.75, 3.05) is 18.6 Å². The molecule has 12 heteroatoms. The van der Waals surface area contributed by atoms with E-state index in [4.69, 9.17) is 9.39 Å². The first kappa shape index (κ1) is 32.3. The monoisotopic (exact) mass is 637 g/mol. The number of hydrogen-bond acceptors (Lipinski definition) is 9. The number of rotatable bonds is 9. The van der Waals surface area contributed by atoms with E-state index in [9.17, 15) is 29.8 Å². The van der Waals surface area contributed by atoms with E-state index in [1.807, 2.05) is 50.3 Å². The van der Waals surface area contributed by atoms with Crippen molar-refractivity contribution in [2.45, 2.75) is 45.5 Å². The number of pyridine rings is 1. The molecule has 2 saturated heterocycles. The average Bonchev–Trinajstić information content (AvgIpc) is 3.30. The highest BCUT2D eigenvalue weighted by molar-refractivity contribution is 6.43. The standard InChI is InChI=1S/C35H36BN3O8/c1-20-13-22(14-21(2)33(20)40)15-23(29-9-4-5-12-37-29)10-11-30-31-24(19-46-3)16-27-32(28(31)18-36(43)47-30)35(42)38(34(27)41)25-7-6-8-26(17-25)39(44)45/h4-9,12-15,17,27-28,30,32,40,43H,10-11,16,18-19H2,1-3H3/b23-15-/t27-,28+,30-,32-/m1/s1. The van der Waals surface area contributed by atoms with Crippen LogP contribution < -0.4 is 4.90 Å². The number of allylic oxidation sites excluding steroid dienone is 1. The molecule has 1 aliphatic carbocycles. The minimum absolute atomic E-state index is 0.136. The fourth-order valence-corrected chi connectivity index (χ4v) is 7.46. The highest BCUT2D eigenvalue weighted by atomic mass is 16.6. The van der Waals surface area contributed by atoms with Crippen LogP contribution in [0.3, 0.4) is 0 Å². The lowest BCUT2D eigenvalue weighted by Crippen LogP contribution is -2.46. The van der Waals surface area contributed by atoms with Crippen LogP contribution in [0.4, 0.5) is 11.4 Å². The van der Waals surface area contributed by atoms with Crippen LogP contribution in [-0.2, 0) is 19.0 Å². The first-order chi connectivity index (χ1) is 22.6. The van der Waals surface area contributed by atoms with Crippen molar-refractivity contribution in [3.05, 3.63) is 104 Å². The van der Waals surface area contributed by atoms with Crippen molar-refractivity contribution < 1.29 is 34.0 Å². The van der Waals surface area contributed by atoms with Gasteiger partial charge >= 0.3 is 7.12 Å². The van der Waals surface area contributed by atoms with Crippen molar-refractivity contribution in [1.29, 1.82) is 0 Å². The van der Waals surface area contributed by atoms with Gasteiger partial charge in [0.15, 0.2) is 0 Å². The molecule has 0 bridgehead atoms. The van der Waals surface area contributed by atoms with E-state index < -0.39 is 47.7 Å². The Labute approximate surface area is 272 Å². The van der Waals surface area contributed by atoms with Crippen LogP contribution in [0.2, 0.25) is 6.32 Å². The van der Waals surface area contributed by atoms with Crippen molar-refractivity contribution in [3.8, 4) is 5.75 Å². The Morgan fingerprint density at radius 3 is 2.57 bits per heavy atom. The molecule has 2 aliphatic heterocycles. The molecule has 0 radical (unpaired) electrons. The molecule has 0 unspecified atom stereocenters. The Bertz CT molecular complexity index is 1770. The van der Waals surface area contributed by atoms with E-state index in [1.165, 1.54) is 24.3 Å². The van der Waals surface area contributed by atoms with Gasteiger partial charge in [-0.1, -0.05) is 12.1 Å². The zero-order chi connectivity index (χ0) is 33.4. The first-order valence-electron chi connectivity index (χ1n) is 15.7. The second-order valence-electron chi connectivity index (χ2n) is 12.5. The summed E-state index contributed by atoms with van der Waals surface area (Å²) in [6.45, 7) is 3.94. The molecule has 2 fully saturated rings. The number of carbonyl (C=O) groups excluding carboxylic acids is 2. The van der Waals surface area contributed by atoms with E-state index in [0.29, 0.717) is 12.8 Å². The van der Waals surface area contributed by atoms with Gasteiger partial charge in [-0.05, 0) is 115 Å². The van der Waals surface area contributed by atoms with Crippen molar-refractivity contribution in [1.82, 2.24) is 4.98 Å². The second kappa shape index (κ2) is 13.2. The number of nitro benzene ring substituents is 1. The predicted molar refractivity (Wildman–Crippen MR) is 176 cm³/mol. The molecule has 2 N–H and O–H groups in total. The number of aromatic nitrogens is 1. The number of aromatic hydroxyl groups is 1. The summed E-state index contributed by atoms with van der Waals surface area (Å²) >= 11 is 0. The summed E-state index contributed by atoms with van der Waals surface area (Å²) in [5.74, 6) is -2.49. The van der Waals surface area contributed by atoms with E-state index in [-0.39, 0.29) is 36.5 Å². The van der Waals surface area contributed by atoms with Crippen LogP contribution in [0, 0.1) is 41.7 Å². The minimum atomic E-state index is -1.16. The third-order valence-electron chi connectivity index (χ3n) is 9.45. The lowest BCUT2D eigenvalue weighted by atomic mass is 9.58. The summed E-state index contributed by atoms with van der Waals surface area (Å²) in [6.07, 6.45) is 4.61. The third kappa shape index (κ3) is 6.23. The summed E-state index contributed by atoms with van der Waals surface area (Å²) in [7, 11) is 0.415. The second-order valence-corrected chi connectivity index (χ2v) is 12.5. The molecule has 1 aromatic heterocycles. The quantitative estimate of drug-likeness (QED) is 0.105. The number of nitrogens with zero attached hydrogens (tertiary/aromatic N) is 3. The predicted octanol–water partition coefficient (Wildman–Crippen LogP) is 5.28. The van der Waals surface area contributed by atoms with Gasteiger partial charge in [-0.2, -0.15) is 0 Å². The number of fused-ring (bicyclic) bond motifs is 3. The number of phenols is 1. The van der Waals surface area contributed by atoms with Crippen LogP contribution in [0.25, 0.3) is 11.6 Å². The lowest BCUT2D eigenvalue weighted by Gasteiger charge is -2.43. The largest absolute Gasteiger partial charge is 0.507 e. The summed E-state index contributed by atoms with van der Waals surface area (Å²) in [5, 5.41) is 32.7. The van der Waals surface area contributed by atoms with Gasteiger partial charge in [0.2, 0.25) is 11.8 Å². The fourth-order valence-electron chi connectivity index (χ4n) is 7.46. The molecule has 3 aliphatic rings. The Kier molecular flexibility index (Phi) is 9.09. The van der Waals surface area contributed by atoms with Gasteiger partial charge in [0.25, 0.3) is 5.69 Å². The molecule has 242 valence electrons. The maximum Gasteiger partial charge on any atom is 0.455 e. The number of phenolic OH excluding ortho intramolecular Hbond substituents is 1. The molecule has 4 atom stereocenters. The zero-order valence-electron chi connectivity index (χ0n) is 26.5. The topological polar surface area (TPSA) is 152 Å². The molecule has 2 aromatic carbocycles. The SMILES string of the molecule is COCC1=C2[C@@H](CC/C(=C/c3cc(C)c(O)c(C)c3)c3ccccn3)OB(O)C[C@@H]2[C@@H]2C(=O)N(c3cccc([N+](=O)[O-])c3)C(=O)[C@@H]2C1. The third-order valence-corrected chi connectivity index (χ3v) is 9.45. The number of ether oxygens (including phenoxy) is 1. The summed E-state index contributed by atoms with van der Waals surface area (Å²) in [4.78, 5) is 44.3. The van der Waals surface area contributed by atoms with Gasteiger partial charge in [0.1, 0.15) is 5.75 Å². The van der Waals surface area contributed by atoms with E-state index >= 15 is 0 Å². The number of aryl methyl sites for hydroxylation is 2. The Morgan fingerprint density at radius 2 is 1.89 bits per heavy atom. The molecular weight excluding hydrogens is 601 g/mol. The highest BCUT2D eigenvalue weighted by Crippen LogP contribution is 2.51. The first-order valence-corrected chi connectivity index (χ1v) is 15.7. The van der Waals surface area contributed by atoms with Gasteiger partial charge in [0.05, 0.1) is 40.9 Å². The number of carbonyl (C=O) groups is 2. The van der Waals surface area contributed by atoms with Crippen molar-refractivity contribution in [2.24, 2.45) is 17.8 Å². The average molecular weight is 637 g/mol. The number of methoxy groups -OCH3 is 1.